The first-order chi connectivity index (χ1) is 30.1. The SMILES string of the molecule is CC/C=C\C/C=C\C/C=C\C/C=C\C/C=C\C/C=C\C/C=C\CCCCCC(=O)OC(COC(=O)CCCCCCC/C=C\CCCCC)COC(OCC[N+](C)(C)C)C(=O)[O-]. The molecular weight excluding hydrogens is 779 g/mol. The van der Waals surface area contributed by atoms with E-state index >= 15 is 0 Å². The highest BCUT2D eigenvalue weighted by molar-refractivity contribution is 5.70. The Morgan fingerprint density at radius 1 is 0.500 bits per heavy atom. The van der Waals surface area contributed by atoms with E-state index in [1.165, 1.54) is 19.3 Å². The first-order valence-corrected chi connectivity index (χ1v) is 23.9. The Balaban J connectivity index is 4.47. The van der Waals surface area contributed by atoms with Gasteiger partial charge in [0, 0.05) is 12.8 Å². The molecule has 62 heavy (non-hydrogen) atoms. The first-order valence-electron chi connectivity index (χ1n) is 23.9. The summed E-state index contributed by atoms with van der Waals surface area (Å²) < 4.78 is 22.5. The molecule has 2 unspecified atom stereocenters. The highest BCUT2D eigenvalue weighted by Crippen LogP contribution is 2.12. The lowest BCUT2D eigenvalue weighted by molar-refractivity contribution is -0.870. The Bertz CT molecular complexity index is 1330. The zero-order chi connectivity index (χ0) is 45.6. The van der Waals surface area contributed by atoms with Crippen LogP contribution in [0.15, 0.2) is 97.2 Å². The fourth-order valence-electron chi connectivity index (χ4n) is 5.86. The third kappa shape index (κ3) is 44.3. The van der Waals surface area contributed by atoms with E-state index in [4.69, 9.17) is 18.9 Å². The van der Waals surface area contributed by atoms with E-state index in [0.29, 0.717) is 17.4 Å². The van der Waals surface area contributed by atoms with Crippen LogP contribution < -0.4 is 5.11 Å². The molecule has 0 amide bonds. The lowest BCUT2D eigenvalue weighted by atomic mass is 10.1. The second kappa shape index (κ2) is 43.8. The molecule has 2 atom stereocenters. The van der Waals surface area contributed by atoms with Gasteiger partial charge in [-0.1, -0.05) is 150 Å². The van der Waals surface area contributed by atoms with Crippen molar-refractivity contribution >= 4 is 17.9 Å². The molecule has 0 aromatic heterocycles. The summed E-state index contributed by atoms with van der Waals surface area (Å²) in [6.07, 6.45) is 54.4. The van der Waals surface area contributed by atoms with Gasteiger partial charge in [0.25, 0.3) is 0 Å². The topological polar surface area (TPSA) is 111 Å². The number of esters is 2. The van der Waals surface area contributed by atoms with Gasteiger partial charge in [0.2, 0.25) is 0 Å². The average molecular weight is 866 g/mol. The second-order valence-electron chi connectivity index (χ2n) is 16.7. The van der Waals surface area contributed by atoms with Crippen molar-refractivity contribution in [3.05, 3.63) is 97.2 Å². The molecule has 0 aromatic rings. The lowest BCUT2D eigenvalue weighted by Gasteiger charge is -2.26. The van der Waals surface area contributed by atoms with Gasteiger partial charge in [0.05, 0.1) is 40.3 Å². The number of likely N-dealkylation sites (N-methyl/N-ethyl adjacent to an activating group) is 1. The predicted molar refractivity (Wildman–Crippen MR) is 255 cm³/mol. The van der Waals surface area contributed by atoms with Crippen LogP contribution in [0.2, 0.25) is 0 Å². The molecule has 0 aliphatic heterocycles. The summed E-state index contributed by atoms with van der Waals surface area (Å²) in [5, 5.41) is 11.7. The number of carbonyl (C=O) groups excluding carboxylic acids is 3. The number of unbranched alkanes of at least 4 members (excludes halogenated alkanes) is 11. The highest BCUT2D eigenvalue weighted by atomic mass is 16.7. The van der Waals surface area contributed by atoms with Crippen molar-refractivity contribution in [3.63, 3.8) is 0 Å². The maximum atomic E-state index is 12.8. The minimum Gasteiger partial charge on any atom is -0.545 e. The van der Waals surface area contributed by atoms with Gasteiger partial charge in [-0.25, -0.2) is 0 Å². The summed E-state index contributed by atoms with van der Waals surface area (Å²) in [6, 6.07) is 0. The molecule has 0 saturated heterocycles. The van der Waals surface area contributed by atoms with E-state index < -0.39 is 24.3 Å². The van der Waals surface area contributed by atoms with Crippen LogP contribution >= 0.6 is 0 Å². The molecular formula is C53H87NO8. The largest absolute Gasteiger partial charge is 0.545 e. The molecule has 0 aliphatic rings. The molecule has 9 nitrogen and oxygen atoms in total. The summed E-state index contributed by atoms with van der Waals surface area (Å²) in [5.74, 6) is -2.36. The monoisotopic (exact) mass is 866 g/mol. The Morgan fingerprint density at radius 2 is 0.919 bits per heavy atom. The zero-order valence-electron chi connectivity index (χ0n) is 39.7. The Hall–Kier alpha value is -3.79. The van der Waals surface area contributed by atoms with Crippen molar-refractivity contribution in [2.45, 2.75) is 174 Å². The molecule has 0 aromatic carbocycles. The minimum atomic E-state index is -1.64. The summed E-state index contributed by atoms with van der Waals surface area (Å²) in [5.41, 5.74) is 0. The summed E-state index contributed by atoms with van der Waals surface area (Å²) in [7, 11) is 5.88. The van der Waals surface area contributed by atoms with Gasteiger partial charge in [-0.05, 0) is 96.3 Å². The molecule has 0 N–H and O–H groups in total. The van der Waals surface area contributed by atoms with Gasteiger partial charge in [0.1, 0.15) is 13.2 Å². The van der Waals surface area contributed by atoms with Gasteiger partial charge >= 0.3 is 11.9 Å². The van der Waals surface area contributed by atoms with E-state index in [-0.39, 0.29) is 38.6 Å². The van der Waals surface area contributed by atoms with Crippen LogP contribution in [0.1, 0.15) is 162 Å². The molecule has 0 saturated carbocycles. The second-order valence-corrected chi connectivity index (χ2v) is 16.7. The van der Waals surface area contributed by atoms with Crippen LogP contribution in [0.5, 0.6) is 0 Å². The van der Waals surface area contributed by atoms with Crippen molar-refractivity contribution in [3.8, 4) is 0 Å². The predicted octanol–water partition coefficient (Wildman–Crippen LogP) is 11.7. The normalized spacial score (nSPS) is 13.8. The third-order valence-electron chi connectivity index (χ3n) is 9.57. The average Bonchev–Trinajstić information content (AvgIpc) is 3.23. The lowest BCUT2D eigenvalue weighted by Crippen LogP contribution is -2.44. The van der Waals surface area contributed by atoms with E-state index in [1.54, 1.807) is 0 Å². The van der Waals surface area contributed by atoms with E-state index in [0.717, 1.165) is 109 Å². The van der Waals surface area contributed by atoms with Gasteiger partial charge in [-0.2, -0.15) is 0 Å². The molecule has 0 fully saturated rings. The minimum absolute atomic E-state index is 0.134. The van der Waals surface area contributed by atoms with Crippen molar-refractivity contribution < 1.29 is 42.9 Å². The molecule has 0 aliphatic carbocycles. The standard InChI is InChI=1S/C53H87NO8/c1-6-8-10-12-14-16-18-20-21-22-23-24-25-26-27-28-29-30-31-32-34-36-38-40-42-44-51(56)62-49(48-61-53(52(57)58)59-46-45-54(3,4)5)47-60-50(55)43-41-39-37-35-33-19-17-15-13-11-9-7-2/h8,10,14-17,20-21,23-24,26-27,29-30,32,34,49,53H,6-7,9,11-13,18-19,22,25,28,31,33,35-48H2,1-5H3/b10-8-,16-14-,17-15-,21-20-,24-23-,27-26-,30-29-,34-32-. The number of aliphatic carboxylic acids is 1. The van der Waals surface area contributed by atoms with Crippen molar-refractivity contribution in [1.29, 1.82) is 0 Å². The van der Waals surface area contributed by atoms with E-state index in [1.807, 2.05) is 21.1 Å². The van der Waals surface area contributed by atoms with Crippen molar-refractivity contribution in [1.82, 2.24) is 0 Å². The Morgan fingerprint density at radius 3 is 1.40 bits per heavy atom. The summed E-state index contributed by atoms with van der Waals surface area (Å²) in [4.78, 5) is 37.0. The van der Waals surface area contributed by atoms with Crippen molar-refractivity contribution in [2.75, 3.05) is 47.5 Å². The van der Waals surface area contributed by atoms with Crippen molar-refractivity contribution in [2.24, 2.45) is 0 Å². The van der Waals surface area contributed by atoms with Gasteiger partial charge in [0.15, 0.2) is 12.4 Å². The molecule has 9 heteroatoms. The number of carboxylic acids is 1. The third-order valence-corrected chi connectivity index (χ3v) is 9.57. The molecule has 0 rings (SSSR count). The van der Waals surface area contributed by atoms with Crippen LogP contribution in [-0.2, 0) is 33.3 Å². The number of carbonyl (C=O) groups is 3. The first kappa shape index (κ1) is 58.2. The van der Waals surface area contributed by atoms with Crippen LogP contribution in [0.3, 0.4) is 0 Å². The molecule has 0 bridgehead atoms. The fraction of sp³-hybridized carbons (Fsp3) is 0.642. The Kier molecular flexibility index (Phi) is 41.2. The number of carboxylic acid groups (broad SMARTS) is 1. The smallest absolute Gasteiger partial charge is 0.306 e. The number of quaternary nitrogens is 1. The Labute approximate surface area is 378 Å². The van der Waals surface area contributed by atoms with E-state index in [9.17, 15) is 19.5 Å². The van der Waals surface area contributed by atoms with Gasteiger partial charge in [-0.15, -0.1) is 0 Å². The van der Waals surface area contributed by atoms with Crippen LogP contribution in [-0.4, -0.2) is 82.3 Å². The summed E-state index contributed by atoms with van der Waals surface area (Å²) >= 11 is 0. The maximum absolute atomic E-state index is 12.8. The maximum Gasteiger partial charge on any atom is 0.306 e. The molecule has 0 spiro atoms. The van der Waals surface area contributed by atoms with Crippen LogP contribution in [0, 0.1) is 0 Å². The summed E-state index contributed by atoms with van der Waals surface area (Å²) in [6.45, 7) is 4.52. The molecule has 352 valence electrons. The number of nitrogens with zero attached hydrogens (tertiary/aromatic N) is 1. The quantitative estimate of drug-likeness (QED) is 0.0196. The van der Waals surface area contributed by atoms with Gasteiger partial charge < -0.3 is 33.3 Å². The fourth-order valence-corrected chi connectivity index (χ4v) is 5.86. The van der Waals surface area contributed by atoms with E-state index in [2.05, 4.69) is 111 Å². The highest BCUT2D eigenvalue weighted by Gasteiger charge is 2.21. The van der Waals surface area contributed by atoms with Gasteiger partial charge in [-0.3, -0.25) is 9.59 Å². The number of hydrogen-bond acceptors (Lipinski definition) is 8. The van der Waals surface area contributed by atoms with Crippen LogP contribution in [0.25, 0.3) is 0 Å². The number of rotatable bonds is 42. The number of ether oxygens (including phenoxy) is 4. The zero-order valence-corrected chi connectivity index (χ0v) is 39.7. The molecule has 0 heterocycles. The molecule has 0 radical (unpaired) electrons. The van der Waals surface area contributed by atoms with Crippen LogP contribution in [0.4, 0.5) is 0 Å². The number of hydrogen-bond donors (Lipinski definition) is 0. The number of allylic oxidation sites excluding steroid dienone is 16.